The van der Waals surface area contributed by atoms with Crippen LogP contribution in [0.2, 0.25) is 0 Å². The van der Waals surface area contributed by atoms with Crippen molar-refractivity contribution in [2.24, 2.45) is 0 Å². The first-order valence-corrected chi connectivity index (χ1v) is 12.8. The lowest BCUT2D eigenvalue weighted by Crippen LogP contribution is -2.36. The van der Waals surface area contributed by atoms with E-state index in [9.17, 15) is 0 Å². The first-order valence-electron chi connectivity index (χ1n) is 12.8. The molecule has 0 atom stereocenters. The highest BCUT2D eigenvalue weighted by atomic mass is 16.7. The van der Waals surface area contributed by atoms with E-state index in [0.29, 0.717) is 11.5 Å². The van der Waals surface area contributed by atoms with Crippen LogP contribution in [-0.2, 0) is 0 Å². The number of aromatic nitrogens is 1. The van der Waals surface area contributed by atoms with Gasteiger partial charge in [0.05, 0.1) is 25.7 Å². The van der Waals surface area contributed by atoms with E-state index in [-0.39, 0.29) is 12.8 Å². The van der Waals surface area contributed by atoms with Crippen LogP contribution < -0.4 is 23.5 Å². The second-order valence-electron chi connectivity index (χ2n) is 9.70. The summed E-state index contributed by atoms with van der Waals surface area (Å²) in [5, 5.41) is 1.09. The maximum Gasteiger partial charge on any atom is 0.231 e. The van der Waals surface area contributed by atoms with Crippen LogP contribution in [0.15, 0.2) is 91.1 Å². The van der Waals surface area contributed by atoms with Gasteiger partial charge in [-0.2, -0.15) is 4.57 Å². The number of rotatable bonds is 6. The van der Waals surface area contributed by atoms with Crippen LogP contribution in [0, 0.1) is 0 Å². The number of hydrogen-bond acceptors (Lipinski definition) is 4. The molecule has 0 unspecified atom stereocenters. The number of nitrogens with zero attached hydrogens (tertiary/aromatic N) is 1. The zero-order chi connectivity index (χ0) is 26.2. The summed E-state index contributed by atoms with van der Waals surface area (Å²) in [6.45, 7) is 4.62. The Morgan fingerprint density at radius 1 is 0.684 bits per heavy atom. The first-order chi connectivity index (χ1) is 18.6. The highest BCUT2D eigenvalue weighted by Crippen LogP contribution is 2.43. The molecule has 0 saturated heterocycles. The molecule has 0 amide bonds. The summed E-state index contributed by atoms with van der Waals surface area (Å²) >= 11 is 0. The third-order valence-electron chi connectivity index (χ3n) is 7.06. The topological polar surface area (TPSA) is 40.8 Å². The fourth-order valence-corrected chi connectivity index (χ4v) is 5.11. The maximum absolute atomic E-state index is 5.85. The van der Waals surface area contributed by atoms with Crippen molar-refractivity contribution in [1.82, 2.24) is 0 Å². The van der Waals surface area contributed by atoms with Crippen LogP contribution in [0.4, 0.5) is 0 Å². The van der Waals surface area contributed by atoms with E-state index in [1.807, 2.05) is 12.1 Å². The largest absolute Gasteiger partial charge is 0.493 e. The van der Waals surface area contributed by atoms with Crippen molar-refractivity contribution in [3.05, 3.63) is 91.1 Å². The third kappa shape index (κ3) is 4.20. The van der Waals surface area contributed by atoms with Crippen molar-refractivity contribution in [2.75, 3.05) is 21.0 Å². The lowest BCUT2D eigenvalue weighted by Gasteiger charge is -2.16. The molecule has 0 radical (unpaired) electrons. The van der Waals surface area contributed by atoms with Crippen LogP contribution in [0.25, 0.3) is 44.3 Å². The van der Waals surface area contributed by atoms with Crippen LogP contribution >= 0.6 is 0 Å². The molecule has 2 heterocycles. The minimum atomic E-state index is 0.252. The molecule has 38 heavy (non-hydrogen) atoms. The Balaban J connectivity index is 1.50. The van der Waals surface area contributed by atoms with Crippen LogP contribution in [0.1, 0.15) is 19.9 Å². The van der Waals surface area contributed by atoms with Crippen molar-refractivity contribution in [1.29, 1.82) is 0 Å². The summed E-state index contributed by atoms with van der Waals surface area (Å²) in [5.74, 6) is 2.96. The number of methoxy groups -OCH3 is 2. The molecule has 1 aromatic heterocycles. The van der Waals surface area contributed by atoms with Gasteiger partial charge in [-0.3, -0.25) is 0 Å². The molecule has 4 aromatic carbocycles. The van der Waals surface area contributed by atoms with Gasteiger partial charge in [-0.25, -0.2) is 0 Å². The summed E-state index contributed by atoms with van der Waals surface area (Å²) < 4.78 is 25.3. The maximum atomic E-state index is 5.85. The summed E-state index contributed by atoms with van der Waals surface area (Å²) in [4.78, 5) is 0. The predicted molar refractivity (Wildman–Crippen MR) is 150 cm³/mol. The van der Waals surface area contributed by atoms with E-state index >= 15 is 0 Å². The van der Waals surface area contributed by atoms with Gasteiger partial charge in [0.2, 0.25) is 12.3 Å². The minimum absolute atomic E-state index is 0.252. The van der Waals surface area contributed by atoms with Crippen molar-refractivity contribution >= 4 is 10.9 Å². The molecule has 0 N–H and O–H groups in total. The molecule has 0 fully saturated rings. The summed E-state index contributed by atoms with van der Waals surface area (Å²) in [6.07, 6.45) is 2.19. The SMILES string of the molecule is COc1cc(-c2cc3cc4c(cc3[n+](C(C)C)c2)OCO4)cc(-c2ccc(-c3ccccc3)cc2)c1OC. The van der Waals surface area contributed by atoms with Gasteiger partial charge >= 0.3 is 0 Å². The normalized spacial score (nSPS) is 12.2. The molecule has 0 spiro atoms. The van der Waals surface area contributed by atoms with E-state index in [1.54, 1.807) is 14.2 Å². The molecular weight excluding hydrogens is 474 g/mol. The Hall–Kier alpha value is -4.51. The van der Waals surface area contributed by atoms with Crippen molar-refractivity contribution in [3.8, 4) is 56.4 Å². The average Bonchev–Trinajstić information content (AvgIpc) is 3.42. The molecule has 5 aromatic rings. The Morgan fingerprint density at radius 2 is 1.37 bits per heavy atom. The lowest BCUT2D eigenvalue weighted by atomic mass is 9.95. The number of hydrogen-bond donors (Lipinski definition) is 0. The molecule has 5 heteroatoms. The number of pyridine rings is 1. The second-order valence-corrected chi connectivity index (χ2v) is 9.70. The van der Waals surface area contributed by atoms with Crippen LogP contribution in [-0.4, -0.2) is 21.0 Å². The molecule has 5 nitrogen and oxygen atoms in total. The van der Waals surface area contributed by atoms with Crippen molar-refractivity contribution in [2.45, 2.75) is 19.9 Å². The Labute approximate surface area is 222 Å². The van der Waals surface area contributed by atoms with E-state index in [2.05, 4.69) is 97.4 Å². The highest BCUT2D eigenvalue weighted by Gasteiger charge is 2.23. The minimum Gasteiger partial charge on any atom is -0.493 e. The molecule has 0 saturated carbocycles. The number of benzene rings is 4. The smallest absolute Gasteiger partial charge is 0.231 e. The molecule has 1 aliphatic rings. The fraction of sp³-hybridized carbons (Fsp3) is 0.182. The van der Waals surface area contributed by atoms with Gasteiger partial charge in [0.25, 0.3) is 0 Å². The lowest BCUT2D eigenvalue weighted by molar-refractivity contribution is -0.690. The molecular formula is C33H30NO4+. The van der Waals surface area contributed by atoms with Crippen molar-refractivity contribution < 1.29 is 23.5 Å². The Kier molecular flexibility index (Phi) is 6.12. The second kappa shape index (κ2) is 9.75. The zero-order valence-corrected chi connectivity index (χ0v) is 22.0. The van der Waals surface area contributed by atoms with Crippen LogP contribution in [0.5, 0.6) is 23.0 Å². The molecule has 190 valence electrons. The highest BCUT2D eigenvalue weighted by molar-refractivity contribution is 5.87. The van der Waals surface area contributed by atoms with Gasteiger partial charge in [-0.1, -0.05) is 54.6 Å². The van der Waals surface area contributed by atoms with Gasteiger partial charge in [0.15, 0.2) is 35.2 Å². The zero-order valence-electron chi connectivity index (χ0n) is 22.0. The summed E-state index contributed by atoms with van der Waals surface area (Å²) in [5.41, 5.74) is 7.61. The van der Waals surface area contributed by atoms with E-state index in [0.717, 1.165) is 44.7 Å². The summed E-state index contributed by atoms with van der Waals surface area (Å²) in [7, 11) is 3.37. The number of fused-ring (bicyclic) bond motifs is 2. The van der Waals surface area contributed by atoms with Crippen molar-refractivity contribution in [3.63, 3.8) is 0 Å². The van der Waals surface area contributed by atoms with Gasteiger partial charge in [0.1, 0.15) is 0 Å². The molecule has 0 aliphatic carbocycles. The standard InChI is InChI=1S/C33H30NO4/c1-21(2)34-19-27(14-26-17-30-31(18-29(26)34)38-20-37-30)25-15-28(33(36-4)32(16-25)35-3)24-12-10-23(11-13-24)22-8-6-5-7-9-22/h5-19,21H,20H2,1-4H3/q+1. The molecule has 6 rings (SSSR count). The van der Waals surface area contributed by atoms with Gasteiger partial charge in [0, 0.05) is 11.1 Å². The quantitative estimate of drug-likeness (QED) is 0.225. The van der Waals surface area contributed by atoms with E-state index in [1.165, 1.54) is 11.1 Å². The average molecular weight is 505 g/mol. The van der Waals surface area contributed by atoms with E-state index in [4.69, 9.17) is 18.9 Å². The predicted octanol–water partition coefficient (Wildman–Crippen LogP) is 7.46. The monoisotopic (exact) mass is 504 g/mol. The third-order valence-corrected chi connectivity index (χ3v) is 7.06. The fourth-order valence-electron chi connectivity index (χ4n) is 5.11. The Morgan fingerprint density at radius 3 is 2.05 bits per heavy atom. The van der Waals surface area contributed by atoms with Gasteiger partial charge in [-0.05, 0) is 60.4 Å². The van der Waals surface area contributed by atoms with E-state index < -0.39 is 0 Å². The molecule has 1 aliphatic heterocycles. The molecule has 0 bridgehead atoms. The first kappa shape index (κ1) is 23.9. The van der Waals surface area contributed by atoms with Gasteiger partial charge < -0.3 is 18.9 Å². The van der Waals surface area contributed by atoms with Crippen LogP contribution in [0.3, 0.4) is 0 Å². The van der Waals surface area contributed by atoms with Gasteiger partial charge in [-0.15, -0.1) is 0 Å². The summed E-state index contributed by atoms with van der Waals surface area (Å²) in [6, 6.07) is 29.7. The Bertz CT molecular complexity index is 1630. The number of ether oxygens (including phenoxy) is 4.